The fourth-order valence-corrected chi connectivity index (χ4v) is 1.85. The molecular formula is C14H14ClNO. The molecule has 2 aromatic rings. The van der Waals surface area contributed by atoms with Crippen molar-refractivity contribution >= 4 is 22.6 Å². The summed E-state index contributed by atoms with van der Waals surface area (Å²) >= 11 is 6.08. The monoisotopic (exact) mass is 247 g/mol. The van der Waals surface area contributed by atoms with Crippen LogP contribution in [-0.4, -0.2) is 5.54 Å². The third-order valence-electron chi connectivity index (χ3n) is 2.72. The quantitative estimate of drug-likeness (QED) is 0.839. The molecule has 0 aliphatic heterocycles. The van der Waals surface area contributed by atoms with Gasteiger partial charge in [-0.15, -0.1) is 6.42 Å². The van der Waals surface area contributed by atoms with E-state index in [1.807, 2.05) is 38.1 Å². The molecule has 1 aromatic carbocycles. The number of furan rings is 1. The van der Waals surface area contributed by atoms with Gasteiger partial charge >= 0.3 is 0 Å². The summed E-state index contributed by atoms with van der Waals surface area (Å²) in [6.45, 7) is 4.49. The normalized spacial score (nSPS) is 11.6. The van der Waals surface area contributed by atoms with Crippen molar-refractivity contribution < 1.29 is 4.42 Å². The molecule has 0 amide bonds. The lowest BCUT2D eigenvalue weighted by atomic mass is 10.1. The summed E-state index contributed by atoms with van der Waals surface area (Å²) in [5.74, 6) is 2.69. The number of terminal acetylenes is 1. The Hall–Kier alpha value is -1.43. The van der Waals surface area contributed by atoms with Crippen molar-refractivity contribution in [2.45, 2.75) is 25.9 Å². The first-order valence-corrected chi connectivity index (χ1v) is 5.80. The van der Waals surface area contributed by atoms with E-state index in [0.717, 1.165) is 16.5 Å². The molecule has 3 heteroatoms. The molecule has 0 fully saturated rings. The summed E-state index contributed by atoms with van der Waals surface area (Å²) in [5, 5.41) is 4.71. The van der Waals surface area contributed by atoms with Gasteiger partial charge in [-0.2, -0.15) is 0 Å². The maximum atomic E-state index is 6.08. The highest BCUT2D eigenvalue weighted by atomic mass is 35.5. The van der Waals surface area contributed by atoms with E-state index in [0.29, 0.717) is 11.8 Å². The molecule has 0 radical (unpaired) electrons. The largest absolute Gasteiger partial charge is 0.444 e. The van der Waals surface area contributed by atoms with Crippen LogP contribution in [-0.2, 0) is 6.54 Å². The van der Waals surface area contributed by atoms with Gasteiger partial charge in [0.1, 0.15) is 5.58 Å². The van der Waals surface area contributed by atoms with Crippen LogP contribution in [0.25, 0.3) is 11.0 Å². The van der Waals surface area contributed by atoms with Crippen molar-refractivity contribution in [2.24, 2.45) is 0 Å². The van der Waals surface area contributed by atoms with Crippen molar-refractivity contribution in [3.05, 3.63) is 35.0 Å². The van der Waals surface area contributed by atoms with E-state index < -0.39 is 0 Å². The minimum atomic E-state index is -0.359. The summed E-state index contributed by atoms with van der Waals surface area (Å²) in [5.41, 5.74) is 1.39. The zero-order valence-electron chi connectivity index (χ0n) is 9.88. The predicted octanol–water partition coefficient (Wildman–Crippen LogP) is 3.59. The van der Waals surface area contributed by atoms with E-state index in [2.05, 4.69) is 11.2 Å². The molecule has 0 bridgehead atoms. The summed E-state index contributed by atoms with van der Waals surface area (Å²) in [7, 11) is 0. The highest BCUT2D eigenvalue weighted by Crippen LogP contribution is 2.29. The molecule has 0 aliphatic rings. The van der Waals surface area contributed by atoms with Crippen molar-refractivity contribution in [3.63, 3.8) is 0 Å². The Morgan fingerprint density at radius 2 is 2.12 bits per heavy atom. The maximum Gasteiger partial charge on any atom is 0.199 e. The lowest BCUT2D eigenvalue weighted by Gasteiger charge is -2.19. The molecule has 0 saturated carbocycles. The summed E-state index contributed by atoms with van der Waals surface area (Å²) in [6.07, 6.45) is 5.43. The van der Waals surface area contributed by atoms with Crippen LogP contribution in [0.15, 0.2) is 28.7 Å². The molecule has 0 atom stereocenters. The molecule has 17 heavy (non-hydrogen) atoms. The molecule has 1 heterocycles. The molecule has 0 saturated heterocycles. The number of hydrogen-bond donors (Lipinski definition) is 1. The standard InChI is InChI=1S/C14H14ClNO/c1-4-14(2,3)16-9-11-10-7-5-6-8-12(10)17-13(11)15/h1,5-8,16H,9H2,2-3H3. The van der Waals surface area contributed by atoms with Gasteiger partial charge in [-0.25, -0.2) is 0 Å². The Bertz CT molecular complexity index is 577. The van der Waals surface area contributed by atoms with Crippen LogP contribution in [0, 0.1) is 12.3 Å². The second-order valence-electron chi connectivity index (χ2n) is 4.47. The Morgan fingerprint density at radius 1 is 1.41 bits per heavy atom. The molecule has 1 aromatic heterocycles. The van der Waals surface area contributed by atoms with Gasteiger partial charge in [0.05, 0.1) is 5.54 Å². The second kappa shape index (κ2) is 4.44. The molecule has 1 N–H and O–H groups in total. The van der Waals surface area contributed by atoms with Gasteiger partial charge in [0.25, 0.3) is 0 Å². The van der Waals surface area contributed by atoms with Crippen LogP contribution in [0.4, 0.5) is 0 Å². The minimum absolute atomic E-state index is 0.359. The maximum absolute atomic E-state index is 6.08. The third-order valence-corrected chi connectivity index (χ3v) is 3.02. The molecule has 0 aliphatic carbocycles. The summed E-state index contributed by atoms with van der Waals surface area (Å²) in [6, 6.07) is 7.77. The van der Waals surface area contributed by atoms with E-state index in [1.54, 1.807) is 0 Å². The second-order valence-corrected chi connectivity index (χ2v) is 4.82. The van der Waals surface area contributed by atoms with Gasteiger partial charge in [-0.05, 0) is 31.5 Å². The Balaban J connectivity index is 2.31. The van der Waals surface area contributed by atoms with Crippen molar-refractivity contribution in [2.75, 3.05) is 0 Å². The number of halogens is 1. The Kier molecular flexibility index (Phi) is 3.15. The SMILES string of the molecule is C#CC(C)(C)NCc1c(Cl)oc2ccccc12. The number of hydrogen-bond acceptors (Lipinski definition) is 2. The minimum Gasteiger partial charge on any atom is -0.444 e. The van der Waals surface area contributed by atoms with E-state index in [-0.39, 0.29) is 5.54 Å². The van der Waals surface area contributed by atoms with Gasteiger partial charge in [-0.1, -0.05) is 24.1 Å². The van der Waals surface area contributed by atoms with Crippen molar-refractivity contribution in [1.29, 1.82) is 0 Å². The first-order valence-electron chi connectivity index (χ1n) is 5.42. The fourth-order valence-electron chi connectivity index (χ4n) is 1.59. The predicted molar refractivity (Wildman–Crippen MR) is 71.0 cm³/mol. The van der Waals surface area contributed by atoms with Crippen LogP contribution in [0.5, 0.6) is 0 Å². The number of para-hydroxylation sites is 1. The number of nitrogens with one attached hydrogen (secondary N) is 1. The van der Waals surface area contributed by atoms with Gasteiger partial charge in [-0.3, -0.25) is 5.32 Å². The molecule has 88 valence electrons. The summed E-state index contributed by atoms with van der Waals surface area (Å²) in [4.78, 5) is 0. The Labute approximate surface area is 106 Å². The van der Waals surface area contributed by atoms with Gasteiger partial charge < -0.3 is 4.42 Å². The molecule has 2 nitrogen and oxygen atoms in total. The number of benzene rings is 1. The zero-order valence-corrected chi connectivity index (χ0v) is 10.6. The summed E-state index contributed by atoms with van der Waals surface area (Å²) < 4.78 is 5.47. The van der Waals surface area contributed by atoms with Crippen molar-refractivity contribution in [3.8, 4) is 12.3 Å². The average molecular weight is 248 g/mol. The highest BCUT2D eigenvalue weighted by molar-refractivity contribution is 6.30. The van der Waals surface area contributed by atoms with Crippen LogP contribution in [0.2, 0.25) is 5.22 Å². The lowest BCUT2D eigenvalue weighted by molar-refractivity contribution is 0.488. The van der Waals surface area contributed by atoms with Crippen LogP contribution >= 0.6 is 11.6 Å². The van der Waals surface area contributed by atoms with Crippen molar-refractivity contribution in [1.82, 2.24) is 5.32 Å². The third kappa shape index (κ3) is 2.46. The van der Waals surface area contributed by atoms with Gasteiger partial charge in [0.15, 0.2) is 5.22 Å². The number of fused-ring (bicyclic) bond motifs is 1. The molecule has 0 spiro atoms. The van der Waals surface area contributed by atoms with E-state index in [1.165, 1.54) is 0 Å². The highest BCUT2D eigenvalue weighted by Gasteiger charge is 2.17. The van der Waals surface area contributed by atoms with E-state index >= 15 is 0 Å². The molecule has 0 unspecified atom stereocenters. The molecular weight excluding hydrogens is 234 g/mol. The van der Waals surface area contributed by atoms with Gasteiger partial charge in [0, 0.05) is 17.5 Å². The van der Waals surface area contributed by atoms with E-state index in [4.69, 9.17) is 22.4 Å². The Morgan fingerprint density at radius 3 is 2.82 bits per heavy atom. The van der Waals surface area contributed by atoms with Crippen LogP contribution < -0.4 is 5.32 Å². The average Bonchev–Trinajstić information content (AvgIpc) is 2.62. The topological polar surface area (TPSA) is 25.2 Å². The first kappa shape index (κ1) is 12.0. The van der Waals surface area contributed by atoms with Gasteiger partial charge in [0.2, 0.25) is 0 Å². The molecule has 2 rings (SSSR count). The fraction of sp³-hybridized carbons (Fsp3) is 0.286. The van der Waals surface area contributed by atoms with E-state index in [9.17, 15) is 0 Å². The first-order chi connectivity index (χ1) is 8.03. The smallest absolute Gasteiger partial charge is 0.199 e. The van der Waals surface area contributed by atoms with Crippen LogP contribution in [0.3, 0.4) is 0 Å². The van der Waals surface area contributed by atoms with Crippen LogP contribution in [0.1, 0.15) is 19.4 Å². The lowest BCUT2D eigenvalue weighted by Crippen LogP contribution is -2.36. The zero-order chi connectivity index (χ0) is 12.5. The number of rotatable bonds is 3.